The summed E-state index contributed by atoms with van der Waals surface area (Å²) in [4.78, 5) is 4.61. The lowest BCUT2D eigenvalue weighted by atomic mass is 10.1. The largest absolute Gasteiger partial charge is 0.493 e. The van der Waals surface area contributed by atoms with Crippen molar-refractivity contribution in [2.24, 2.45) is 0 Å². The number of rotatable bonds is 5. The molecule has 0 N–H and O–H groups in total. The van der Waals surface area contributed by atoms with Crippen molar-refractivity contribution < 1.29 is 9.47 Å². The van der Waals surface area contributed by atoms with E-state index in [9.17, 15) is 0 Å². The molecular formula is C21H16Cl2N2O2. The standard InChI is InChI=1S/C21H16Cl2N2O2/c1-26-18-12-15(20-21(23)25-11-3-2-4-19(25)24-20)7-10-17(18)27-13-14-5-8-16(22)9-6-14/h2-12H,13H2,1H3. The summed E-state index contributed by atoms with van der Waals surface area (Å²) in [6.07, 6.45) is 1.88. The first-order valence-corrected chi connectivity index (χ1v) is 9.09. The lowest BCUT2D eigenvalue weighted by Gasteiger charge is -2.12. The molecule has 4 rings (SSSR count). The minimum atomic E-state index is 0.419. The van der Waals surface area contributed by atoms with Gasteiger partial charge in [0.2, 0.25) is 0 Å². The number of ether oxygens (including phenoxy) is 2. The van der Waals surface area contributed by atoms with Gasteiger partial charge in [0.25, 0.3) is 0 Å². The second-order valence-electron chi connectivity index (χ2n) is 5.96. The Morgan fingerprint density at radius 2 is 1.78 bits per heavy atom. The number of pyridine rings is 1. The van der Waals surface area contributed by atoms with E-state index in [1.54, 1.807) is 7.11 Å². The van der Waals surface area contributed by atoms with Gasteiger partial charge in [0.05, 0.1) is 7.11 Å². The lowest BCUT2D eigenvalue weighted by Crippen LogP contribution is -1.98. The monoisotopic (exact) mass is 398 g/mol. The average Bonchev–Trinajstić information content (AvgIpc) is 3.04. The van der Waals surface area contributed by atoms with Gasteiger partial charge < -0.3 is 9.47 Å². The average molecular weight is 399 g/mol. The van der Waals surface area contributed by atoms with Gasteiger partial charge in [-0.15, -0.1) is 0 Å². The number of benzene rings is 2. The molecule has 0 unspecified atom stereocenters. The fourth-order valence-corrected chi connectivity index (χ4v) is 3.25. The summed E-state index contributed by atoms with van der Waals surface area (Å²) in [6.45, 7) is 0.419. The maximum absolute atomic E-state index is 6.50. The van der Waals surface area contributed by atoms with Gasteiger partial charge in [0, 0.05) is 16.8 Å². The first-order valence-electron chi connectivity index (χ1n) is 8.34. The highest BCUT2D eigenvalue weighted by atomic mass is 35.5. The highest BCUT2D eigenvalue weighted by Crippen LogP contribution is 2.35. The van der Waals surface area contributed by atoms with Crippen molar-refractivity contribution in [2.45, 2.75) is 6.61 Å². The van der Waals surface area contributed by atoms with E-state index < -0.39 is 0 Å². The third kappa shape index (κ3) is 3.59. The molecule has 0 amide bonds. The maximum Gasteiger partial charge on any atom is 0.161 e. The summed E-state index contributed by atoms with van der Waals surface area (Å²) in [6, 6.07) is 19.0. The van der Waals surface area contributed by atoms with Crippen molar-refractivity contribution in [1.82, 2.24) is 9.38 Å². The third-order valence-electron chi connectivity index (χ3n) is 4.22. The third-order valence-corrected chi connectivity index (χ3v) is 4.83. The second kappa shape index (κ2) is 7.51. The molecule has 6 heteroatoms. The van der Waals surface area contributed by atoms with Crippen LogP contribution < -0.4 is 9.47 Å². The zero-order chi connectivity index (χ0) is 18.8. The predicted molar refractivity (Wildman–Crippen MR) is 108 cm³/mol. The van der Waals surface area contributed by atoms with Gasteiger partial charge in [-0.1, -0.05) is 41.4 Å². The smallest absolute Gasteiger partial charge is 0.161 e. The molecule has 2 heterocycles. The van der Waals surface area contributed by atoms with E-state index in [0.717, 1.165) is 16.8 Å². The molecule has 0 aliphatic rings. The van der Waals surface area contributed by atoms with Gasteiger partial charge in [-0.2, -0.15) is 0 Å². The minimum absolute atomic E-state index is 0.419. The Kier molecular flexibility index (Phi) is 4.92. The van der Waals surface area contributed by atoms with Crippen LogP contribution in [-0.4, -0.2) is 16.5 Å². The summed E-state index contributed by atoms with van der Waals surface area (Å²) in [5.74, 6) is 1.27. The molecule has 0 saturated carbocycles. The fourth-order valence-electron chi connectivity index (χ4n) is 2.83. The van der Waals surface area contributed by atoms with E-state index >= 15 is 0 Å². The molecule has 0 atom stereocenters. The Morgan fingerprint density at radius 1 is 0.963 bits per heavy atom. The van der Waals surface area contributed by atoms with E-state index in [0.29, 0.717) is 34.0 Å². The highest BCUT2D eigenvalue weighted by molar-refractivity contribution is 6.32. The van der Waals surface area contributed by atoms with E-state index in [-0.39, 0.29) is 0 Å². The highest BCUT2D eigenvalue weighted by Gasteiger charge is 2.14. The van der Waals surface area contributed by atoms with Crippen molar-refractivity contribution >= 4 is 28.8 Å². The zero-order valence-electron chi connectivity index (χ0n) is 14.5. The topological polar surface area (TPSA) is 35.8 Å². The molecule has 2 aromatic heterocycles. The number of nitrogens with zero attached hydrogens (tertiary/aromatic N) is 2. The van der Waals surface area contributed by atoms with E-state index in [2.05, 4.69) is 4.98 Å². The molecule has 0 spiro atoms. The minimum Gasteiger partial charge on any atom is -0.493 e. The van der Waals surface area contributed by atoms with Crippen LogP contribution in [-0.2, 0) is 6.61 Å². The Balaban J connectivity index is 1.62. The summed E-state index contributed by atoms with van der Waals surface area (Å²) in [7, 11) is 1.61. The van der Waals surface area contributed by atoms with Crippen molar-refractivity contribution in [3.8, 4) is 22.8 Å². The number of methoxy groups -OCH3 is 1. The van der Waals surface area contributed by atoms with Crippen LogP contribution in [0.15, 0.2) is 66.9 Å². The quantitative estimate of drug-likeness (QED) is 0.420. The molecule has 0 saturated heterocycles. The predicted octanol–water partition coefficient (Wildman–Crippen LogP) is 5.90. The van der Waals surface area contributed by atoms with Crippen LogP contribution in [0.25, 0.3) is 16.9 Å². The van der Waals surface area contributed by atoms with Crippen LogP contribution in [0.3, 0.4) is 0 Å². The van der Waals surface area contributed by atoms with E-state index in [1.807, 2.05) is 71.3 Å². The van der Waals surface area contributed by atoms with E-state index in [4.69, 9.17) is 32.7 Å². The summed E-state index contributed by atoms with van der Waals surface area (Å²) >= 11 is 12.4. The summed E-state index contributed by atoms with van der Waals surface area (Å²) in [5, 5.41) is 1.26. The van der Waals surface area contributed by atoms with Gasteiger partial charge in [-0.25, -0.2) is 4.98 Å². The van der Waals surface area contributed by atoms with E-state index in [1.165, 1.54) is 0 Å². The molecule has 2 aromatic carbocycles. The molecule has 0 radical (unpaired) electrons. The Labute approximate surface area is 166 Å². The molecule has 4 aromatic rings. The molecule has 0 fully saturated rings. The van der Waals surface area contributed by atoms with Crippen LogP contribution in [0.1, 0.15) is 5.56 Å². The van der Waals surface area contributed by atoms with Crippen LogP contribution in [0, 0.1) is 0 Å². The molecular weight excluding hydrogens is 383 g/mol. The second-order valence-corrected chi connectivity index (χ2v) is 6.76. The van der Waals surface area contributed by atoms with Gasteiger partial charge in [0.1, 0.15) is 23.1 Å². The van der Waals surface area contributed by atoms with Crippen molar-refractivity contribution in [1.29, 1.82) is 0 Å². The van der Waals surface area contributed by atoms with Crippen LogP contribution in [0.2, 0.25) is 10.2 Å². The number of imidazole rings is 1. The summed E-state index contributed by atoms with van der Waals surface area (Å²) in [5.41, 5.74) is 3.37. The molecule has 0 aliphatic heterocycles. The Morgan fingerprint density at radius 3 is 2.52 bits per heavy atom. The van der Waals surface area contributed by atoms with Crippen molar-refractivity contribution in [3.63, 3.8) is 0 Å². The van der Waals surface area contributed by atoms with Gasteiger partial charge in [0.15, 0.2) is 11.5 Å². The normalized spacial score (nSPS) is 10.9. The van der Waals surface area contributed by atoms with Gasteiger partial charge in [-0.3, -0.25) is 4.40 Å². The Bertz CT molecular complexity index is 1090. The number of aromatic nitrogens is 2. The fraction of sp³-hybridized carbons (Fsp3) is 0.0952. The van der Waals surface area contributed by atoms with Crippen LogP contribution in [0.4, 0.5) is 0 Å². The number of fused-ring (bicyclic) bond motifs is 1. The van der Waals surface area contributed by atoms with Gasteiger partial charge >= 0.3 is 0 Å². The molecule has 0 bridgehead atoms. The zero-order valence-corrected chi connectivity index (χ0v) is 16.0. The molecule has 0 aliphatic carbocycles. The molecule has 4 nitrogen and oxygen atoms in total. The Hall–Kier alpha value is -2.69. The number of hydrogen-bond acceptors (Lipinski definition) is 3. The van der Waals surface area contributed by atoms with Gasteiger partial charge in [-0.05, 0) is 48.0 Å². The van der Waals surface area contributed by atoms with Crippen molar-refractivity contribution in [2.75, 3.05) is 7.11 Å². The maximum atomic E-state index is 6.50. The summed E-state index contributed by atoms with van der Waals surface area (Å²) < 4.78 is 13.3. The lowest BCUT2D eigenvalue weighted by molar-refractivity contribution is 0.284. The molecule has 136 valence electrons. The molecule has 27 heavy (non-hydrogen) atoms. The SMILES string of the molecule is COc1cc(-c2nc3ccccn3c2Cl)ccc1OCc1ccc(Cl)cc1. The number of halogens is 2. The van der Waals surface area contributed by atoms with Crippen molar-refractivity contribution in [3.05, 3.63) is 82.6 Å². The first kappa shape index (κ1) is 17.7. The van der Waals surface area contributed by atoms with Crippen LogP contribution in [0.5, 0.6) is 11.5 Å². The first-order chi connectivity index (χ1) is 13.2. The van der Waals surface area contributed by atoms with Crippen LogP contribution >= 0.6 is 23.2 Å². The number of hydrogen-bond donors (Lipinski definition) is 0.